The summed E-state index contributed by atoms with van der Waals surface area (Å²) in [5, 5.41) is 12.5. The summed E-state index contributed by atoms with van der Waals surface area (Å²) in [5.41, 5.74) is 2.18. The van der Waals surface area contributed by atoms with Gasteiger partial charge in [0.15, 0.2) is 0 Å². The maximum Gasteiger partial charge on any atom is 0.295 e. The summed E-state index contributed by atoms with van der Waals surface area (Å²) in [4.78, 5) is 30.2. The normalized spacial score (nSPS) is 18.9. The SMILES string of the molecule is CCCN1C(=O)C(=O)/C(=C(\O)c2c[nH]c3ccccc23)C1c1ccc(Cl)cc1. The lowest BCUT2D eigenvalue weighted by molar-refractivity contribution is -0.139. The third kappa shape index (κ3) is 2.88. The van der Waals surface area contributed by atoms with Crippen LogP contribution in [0.4, 0.5) is 0 Å². The van der Waals surface area contributed by atoms with Crippen molar-refractivity contribution in [1.29, 1.82) is 0 Å². The second kappa shape index (κ2) is 7.17. The van der Waals surface area contributed by atoms with Crippen LogP contribution in [0.1, 0.15) is 30.5 Å². The molecule has 1 aliphatic heterocycles. The number of nitrogens with zero attached hydrogens (tertiary/aromatic N) is 1. The zero-order valence-corrected chi connectivity index (χ0v) is 16.0. The number of aliphatic hydroxyl groups excluding tert-OH is 1. The van der Waals surface area contributed by atoms with Crippen LogP contribution in [0.15, 0.2) is 60.3 Å². The van der Waals surface area contributed by atoms with Crippen LogP contribution >= 0.6 is 11.6 Å². The van der Waals surface area contributed by atoms with Gasteiger partial charge >= 0.3 is 0 Å². The van der Waals surface area contributed by atoms with Crippen molar-refractivity contribution in [3.63, 3.8) is 0 Å². The molecule has 1 unspecified atom stereocenters. The van der Waals surface area contributed by atoms with Gasteiger partial charge < -0.3 is 15.0 Å². The van der Waals surface area contributed by atoms with E-state index in [1.807, 2.05) is 31.2 Å². The van der Waals surface area contributed by atoms with Crippen molar-refractivity contribution in [2.24, 2.45) is 0 Å². The zero-order valence-electron chi connectivity index (χ0n) is 15.3. The Balaban J connectivity index is 1.93. The molecule has 28 heavy (non-hydrogen) atoms. The number of nitrogens with one attached hydrogen (secondary N) is 1. The van der Waals surface area contributed by atoms with Gasteiger partial charge in [0.25, 0.3) is 11.7 Å². The molecule has 0 radical (unpaired) electrons. The van der Waals surface area contributed by atoms with Crippen LogP contribution in [0.5, 0.6) is 0 Å². The van der Waals surface area contributed by atoms with Gasteiger partial charge in [-0.1, -0.05) is 48.9 Å². The number of fused-ring (bicyclic) bond motifs is 1. The maximum absolute atomic E-state index is 12.9. The van der Waals surface area contributed by atoms with E-state index in [0.29, 0.717) is 23.6 Å². The van der Waals surface area contributed by atoms with Gasteiger partial charge in [-0.15, -0.1) is 0 Å². The van der Waals surface area contributed by atoms with Crippen LogP contribution < -0.4 is 0 Å². The van der Waals surface area contributed by atoms with Gasteiger partial charge in [0, 0.05) is 34.2 Å². The molecule has 1 aliphatic rings. The van der Waals surface area contributed by atoms with Crippen molar-refractivity contribution in [2.45, 2.75) is 19.4 Å². The number of carbonyl (C=O) groups excluding carboxylic acids is 2. The molecule has 1 saturated heterocycles. The van der Waals surface area contributed by atoms with E-state index in [-0.39, 0.29) is 11.3 Å². The molecule has 4 rings (SSSR count). The average molecular weight is 395 g/mol. The maximum atomic E-state index is 12.9. The van der Waals surface area contributed by atoms with Crippen LogP contribution in [0, 0.1) is 0 Å². The van der Waals surface area contributed by atoms with Gasteiger partial charge in [-0.05, 0) is 30.2 Å². The molecule has 1 aromatic heterocycles. The summed E-state index contributed by atoms with van der Waals surface area (Å²) < 4.78 is 0. The van der Waals surface area contributed by atoms with Crippen molar-refractivity contribution in [3.05, 3.63) is 76.5 Å². The number of amides is 1. The standard InChI is InChI=1S/C22H19ClN2O3/c1-2-11-25-19(13-7-9-14(23)10-8-13)18(21(27)22(25)28)20(26)16-12-24-17-6-4-3-5-15(16)17/h3-10,12,19,24,26H,2,11H2,1H3/b20-18-. The summed E-state index contributed by atoms with van der Waals surface area (Å²) in [6.45, 7) is 2.36. The molecule has 3 aromatic rings. The lowest BCUT2D eigenvalue weighted by atomic mass is 9.95. The second-order valence-electron chi connectivity index (χ2n) is 6.79. The lowest BCUT2D eigenvalue weighted by Gasteiger charge is -2.24. The van der Waals surface area contributed by atoms with Crippen molar-refractivity contribution in [2.75, 3.05) is 6.54 Å². The fourth-order valence-corrected chi connectivity index (χ4v) is 3.88. The molecule has 0 aliphatic carbocycles. The number of hydrogen-bond acceptors (Lipinski definition) is 3. The Hall–Kier alpha value is -3.05. The van der Waals surface area contributed by atoms with Crippen LogP contribution in [-0.2, 0) is 9.59 Å². The summed E-state index contributed by atoms with van der Waals surface area (Å²) in [6.07, 6.45) is 2.36. The third-order valence-electron chi connectivity index (χ3n) is 5.03. The first kappa shape index (κ1) is 18.3. The number of para-hydroxylation sites is 1. The number of aromatic amines is 1. The van der Waals surface area contributed by atoms with Gasteiger partial charge in [0.1, 0.15) is 5.76 Å². The Kier molecular flexibility index (Phi) is 4.69. The van der Waals surface area contributed by atoms with Crippen LogP contribution in [0.3, 0.4) is 0 Å². The van der Waals surface area contributed by atoms with Gasteiger partial charge in [-0.2, -0.15) is 0 Å². The Labute approximate surface area is 167 Å². The Morgan fingerprint density at radius 2 is 1.86 bits per heavy atom. The van der Waals surface area contributed by atoms with Crippen LogP contribution in [0.2, 0.25) is 5.02 Å². The number of carbonyl (C=O) groups is 2. The lowest BCUT2D eigenvalue weighted by Crippen LogP contribution is -2.30. The van der Waals surface area contributed by atoms with Crippen LogP contribution in [0.25, 0.3) is 16.7 Å². The molecular weight excluding hydrogens is 376 g/mol. The number of likely N-dealkylation sites (tertiary alicyclic amines) is 1. The molecular formula is C22H19ClN2O3. The number of H-pyrrole nitrogens is 1. The van der Waals surface area contributed by atoms with Crippen molar-refractivity contribution >= 4 is 40.0 Å². The molecule has 1 fully saturated rings. The number of hydrogen-bond donors (Lipinski definition) is 2. The van der Waals surface area contributed by atoms with E-state index in [1.54, 1.807) is 30.5 Å². The predicted molar refractivity (Wildman–Crippen MR) is 109 cm³/mol. The highest BCUT2D eigenvalue weighted by atomic mass is 35.5. The number of benzene rings is 2. The smallest absolute Gasteiger partial charge is 0.295 e. The van der Waals surface area contributed by atoms with Crippen LogP contribution in [-0.4, -0.2) is 33.2 Å². The molecule has 6 heteroatoms. The molecule has 0 spiro atoms. The minimum atomic E-state index is -0.670. The van der Waals surface area contributed by atoms with E-state index in [2.05, 4.69) is 4.98 Å². The van der Waals surface area contributed by atoms with E-state index in [0.717, 1.165) is 16.5 Å². The Bertz CT molecular complexity index is 1100. The minimum absolute atomic E-state index is 0.102. The number of rotatable bonds is 4. The average Bonchev–Trinajstić information content (AvgIpc) is 3.23. The van der Waals surface area contributed by atoms with E-state index >= 15 is 0 Å². The topological polar surface area (TPSA) is 73.4 Å². The number of aromatic nitrogens is 1. The highest BCUT2D eigenvalue weighted by molar-refractivity contribution is 6.46. The fourth-order valence-electron chi connectivity index (χ4n) is 3.76. The molecule has 142 valence electrons. The predicted octanol–water partition coefficient (Wildman–Crippen LogP) is 4.65. The van der Waals surface area contributed by atoms with Crippen molar-refractivity contribution in [3.8, 4) is 0 Å². The highest BCUT2D eigenvalue weighted by Gasteiger charge is 2.45. The molecule has 0 saturated carbocycles. The zero-order chi connectivity index (χ0) is 19.8. The molecule has 1 atom stereocenters. The molecule has 2 aromatic carbocycles. The third-order valence-corrected chi connectivity index (χ3v) is 5.29. The first-order valence-electron chi connectivity index (χ1n) is 9.13. The van der Waals surface area contributed by atoms with Crippen molar-refractivity contribution < 1.29 is 14.7 Å². The first-order valence-corrected chi connectivity index (χ1v) is 9.51. The quantitative estimate of drug-likeness (QED) is 0.384. The fraction of sp³-hybridized carbons (Fsp3) is 0.182. The number of halogens is 1. The first-order chi connectivity index (χ1) is 13.5. The van der Waals surface area contributed by atoms with E-state index in [4.69, 9.17) is 11.6 Å². The molecule has 1 amide bonds. The molecule has 2 heterocycles. The van der Waals surface area contributed by atoms with E-state index in [1.165, 1.54) is 4.90 Å². The summed E-state index contributed by atoms with van der Waals surface area (Å²) in [7, 11) is 0. The van der Waals surface area contributed by atoms with Gasteiger partial charge in [-0.25, -0.2) is 0 Å². The molecule has 2 N–H and O–H groups in total. The summed E-state index contributed by atoms with van der Waals surface area (Å²) >= 11 is 6.01. The number of ketones is 1. The summed E-state index contributed by atoms with van der Waals surface area (Å²) in [6, 6.07) is 13.8. The van der Waals surface area contributed by atoms with Gasteiger partial charge in [0.2, 0.25) is 0 Å². The minimum Gasteiger partial charge on any atom is -0.507 e. The monoisotopic (exact) mass is 394 g/mol. The van der Waals surface area contributed by atoms with Gasteiger partial charge in [0.05, 0.1) is 11.6 Å². The molecule has 5 nitrogen and oxygen atoms in total. The Morgan fingerprint density at radius 1 is 1.14 bits per heavy atom. The van der Waals surface area contributed by atoms with E-state index in [9.17, 15) is 14.7 Å². The Morgan fingerprint density at radius 3 is 2.57 bits per heavy atom. The highest BCUT2D eigenvalue weighted by Crippen LogP contribution is 2.40. The summed E-state index contributed by atoms with van der Waals surface area (Å²) in [5.74, 6) is -1.44. The number of Topliss-reactive ketones (excluding diaryl/α,β-unsaturated/α-hetero) is 1. The van der Waals surface area contributed by atoms with Gasteiger partial charge in [-0.3, -0.25) is 9.59 Å². The second-order valence-corrected chi connectivity index (χ2v) is 7.23. The molecule has 0 bridgehead atoms. The van der Waals surface area contributed by atoms with Crippen molar-refractivity contribution in [1.82, 2.24) is 9.88 Å². The largest absolute Gasteiger partial charge is 0.507 e. The van der Waals surface area contributed by atoms with E-state index < -0.39 is 17.7 Å². The number of aliphatic hydroxyl groups is 1.